The molecule has 1 amide bonds. The van der Waals surface area contributed by atoms with Crippen molar-refractivity contribution in [2.45, 2.75) is 44.7 Å². The minimum absolute atomic E-state index is 0. The van der Waals surface area contributed by atoms with Crippen LogP contribution in [0.25, 0.3) is 0 Å². The first-order valence-electron chi connectivity index (χ1n) is 7.42. The molecule has 2 N–H and O–H groups in total. The number of carbonyl (C=O) groups excluding carboxylic acids is 1. The molecule has 1 saturated heterocycles. The van der Waals surface area contributed by atoms with Gasteiger partial charge in [0.25, 0.3) is 0 Å². The summed E-state index contributed by atoms with van der Waals surface area (Å²) in [5.74, 6) is 0.890. The quantitative estimate of drug-likeness (QED) is 0.806. The molecule has 1 heterocycles. The molecule has 1 fully saturated rings. The Morgan fingerprint density at radius 3 is 2.77 bits per heavy atom. The van der Waals surface area contributed by atoms with E-state index in [0.717, 1.165) is 41.6 Å². The maximum atomic E-state index is 12.6. The van der Waals surface area contributed by atoms with Gasteiger partial charge in [-0.1, -0.05) is 13.0 Å². The van der Waals surface area contributed by atoms with E-state index in [-0.39, 0.29) is 24.4 Å². The Morgan fingerprint density at radius 1 is 1.55 bits per heavy atom. The molecule has 2 rings (SSSR count). The largest absolute Gasteiger partial charge is 0.496 e. The molecular formula is C16H24BrClN2O2. The molecule has 0 radical (unpaired) electrons. The fourth-order valence-electron chi connectivity index (χ4n) is 2.83. The van der Waals surface area contributed by atoms with Gasteiger partial charge in [0.2, 0.25) is 5.91 Å². The molecule has 6 heteroatoms. The molecule has 0 bridgehead atoms. The van der Waals surface area contributed by atoms with Crippen molar-refractivity contribution in [3.8, 4) is 5.75 Å². The second-order valence-electron chi connectivity index (χ2n) is 5.56. The van der Waals surface area contributed by atoms with E-state index in [0.29, 0.717) is 0 Å². The predicted octanol–water partition coefficient (Wildman–Crippen LogP) is 3.59. The van der Waals surface area contributed by atoms with Gasteiger partial charge in [0.15, 0.2) is 0 Å². The van der Waals surface area contributed by atoms with Crippen molar-refractivity contribution < 1.29 is 9.53 Å². The first-order chi connectivity index (χ1) is 10.0. The topological polar surface area (TPSA) is 50.4 Å². The number of hydrogen-bond acceptors (Lipinski definition) is 3. The molecule has 2 atom stereocenters. The van der Waals surface area contributed by atoms with Gasteiger partial charge < -0.3 is 15.4 Å². The van der Waals surface area contributed by atoms with Crippen LogP contribution in [0.3, 0.4) is 0 Å². The van der Waals surface area contributed by atoms with Gasteiger partial charge in [-0.25, -0.2) is 0 Å². The molecule has 2 unspecified atom stereocenters. The maximum absolute atomic E-state index is 12.6. The molecular weight excluding hydrogens is 368 g/mol. The van der Waals surface area contributed by atoms with E-state index in [9.17, 15) is 4.79 Å². The highest BCUT2D eigenvalue weighted by molar-refractivity contribution is 9.10. The van der Waals surface area contributed by atoms with Crippen molar-refractivity contribution in [2.75, 3.05) is 13.7 Å². The monoisotopic (exact) mass is 390 g/mol. The number of rotatable bonds is 5. The molecule has 1 aromatic rings. The van der Waals surface area contributed by atoms with Crippen LogP contribution < -0.4 is 15.4 Å². The van der Waals surface area contributed by atoms with E-state index < -0.39 is 5.54 Å². The number of amides is 1. The zero-order valence-electron chi connectivity index (χ0n) is 13.2. The van der Waals surface area contributed by atoms with Crippen LogP contribution in [-0.4, -0.2) is 25.1 Å². The Morgan fingerprint density at radius 2 is 2.27 bits per heavy atom. The number of hydrogen-bond donors (Lipinski definition) is 2. The van der Waals surface area contributed by atoms with E-state index in [4.69, 9.17) is 4.74 Å². The van der Waals surface area contributed by atoms with Crippen molar-refractivity contribution in [1.29, 1.82) is 0 Å². The fourth-order valence-corrected chi connectivity index (χ4v) is 3.39. The number of benzene rings is 1. The Hall–Kier alpha value is -0.780. The van der Waals surface area contributed by atoms with E-state index >= 15 is 0 Å². The van der Waals surface area contributed by atoms with Gasteiger partial charge in [-0.3, -0.25) is 4.79 Å². The van der Waals surface area contributed by atoms with E-state index in [2.05, 4.69) is 33.5 Å². The van der Waals surface area contributed by atoms with Crippen molar-refractivity contribution in [1.82, 2.24) is 10.6 Å². The third-order valence-electron chi connectivity index (χ3n) is 4.31. The average molecular weight is 392 g/mol. The lowest BCUT2D eigenvalue weighted by Gasteiger charge is -2.29. The van der Waals surface area contributed by atoms with Crippen LogP contribution in [0.2, 0.25) is 0 Å². The Balaban J connectivity index is 0.00000242. The predicted molar refractivity (Wildman–Crippen MR) is 94.8 cm³/mol. The van der Waals surface area contributed by atoms with Crippen LogP contribution in [0.1, 0.15) is 44.7 Å². The molecule has 0 saturated carbocycles. The number of carbonyl (C=O) groups is 1. The van der Waals surface area contributed by atoms with Crippen LogP contribution in [-0.2, 0) is 4.79 Å². The number of ether oxygens (including phenoxy) is 1. The average Bonchev–Trinajstić information content (AvgIpc) is 2.97. The molecule has 0 aromatic heterocycles. The van der Waals surface area contributed by atoms with Crippen LogP contribution in [0.15, 0.2) is 22.7 Å². The fraction of sp³-hybridized carbons (Fsp3) is 0.562. The van der Waals surface area contributed by atoms with E-state index in [1.54, 1.807) is 7.11 Å². The summed E-state index contributed by atoms with van der Waals surface area (Å²) < 4.78 is 6.13. The molecule has 1 aromatic carbocycles. The Labute approximate surface area is 146 Å². The summed E-state index contributed by atoms with van der Waals surface area (Å²) in [6.45, 7) is 4.99. The normalized spacial score (nSPS) is 21.8. The molecule has 22 heavy (non-hydrogen) atoms. The number of methoxy groups -OCH3 is 1. The summed E-state index contributed by atoms with van der Waals surface area (Å²) in [7, 11) is 1.64. The van der Waals surface area contributed by atoms with Crippen molar-refractivity contribution in [2.24, 2.45) is 0 Å². The maximum Gasteiger partial charge on any atom is 0.240 e. The minimum Gasteiger partial charge on any atom is -0.496 e. The summed E-state index contributed by atoms with van der Waals surface area (Å²) >= 11 is 3.48. The van der Waals surface area contributed by atoms with Gasteiger partial charge in [-0.2, -0.15) is 0 Å². The van der Waals surface area contributed by atoms with Crippen LogP contribution in [0.5, 0.6) is 5.75 Å². The Bertz CT molecular complexity index is 519. The highest BCUT2D eigenvalue weighted by atomic mass is 79.9. The second-order valence-corrected chi connectivity index (χ2v) is 6.41. The molecule has 4 nitrogen and oxygen atoms in total. The lowest BCUT2D eigenvalue weighted by Crippen LogP contribution is -2.53. The zero-order valence-corrected chi connectivity index (χ0v) is 15.6. The first kappa shape index (κ1) is 19.3. The highest BCUT2D eigenvalue weighted by Crippen LogP contribution is 2.29. The second kappa shape index (κ2) is 8.18. The van der Waals surface area contributed by atoms with E-state index in [1.165, 1.54) is 0 Å². The first-order valence-corrected chi connectivity index (χ1v) is 8.21. The zero-order chi connectivity index (χ0) is 15.5. The third kappa shape index (κ3) is 3.94. The molecule has 124 valence electrons. The summed E-state index contributed by atoms with van der Waals surface area (Å²) in [6.07, 6.45) is 2.79. The Kier molecular flexibility index (Phi) is 7.16. The molecule has 0 spiro atoms. The SMILES string of the molecule is CCC1(C(=O)NC(C)c2ccc(OC)c(Br)c2)CCCN1.Cl. The van der Waals surface area contributed by atoms with Gasteiger partial charge >= 0.3 is 0 Å². The van der Waals surface area contributed by atoms with Gasteiger partial charge in [-0.15, -0.1) is 12.4 Å². The van der Waals surface area contributed by atoms with Crippen molar-refractivity contribution >= 4 is 34.2 Å². The van der Waals surface area contributed by atoms with Gasteiger partial charge in [-0.05, 0) is 66.4 Å². The molecule has 1 aliphatic rings. The van der Waals surface area contributed by atoms with Crippen LogP contribution in [0.4, 0.5) is 0 Å². The van der Waals surface area contributed by atoms with Crippen LogP contribution in [0, 0.1) is 0 Å². The summed E-state index contributed by atoms with van der Waals surface area (Å²) in [6, 6.07) is 5.84. The highest BCUT2D eigenvalue weighted by Gasteiger charge is 2.39. The van der Waals surface area contributed by atoms with Gasteiger partial charge in [0.05, 0.1) is 23.2 Å². The summed E-state index contributed by atoms with van der Waals surface area (Å²) in [5, 5.41) is 6.50. The van der Waals surface area contributed by atoms with Gasteiger partial charge in [0, 0.05) is 0 Å². The smallest absolute Gasteiger partial charge is 0.240 e. The lowest BCUT2D eigenvalue weighted by molar-refractivity contribution is -0.128. The number of halogens is 2. The third-order valence-corrected chi connectivity index (χ3v) is 4.93. The van der Waals surface area contributed by atoms with Crippen molar-refractivity contribution in [3.63, 3.8) is 0 Å². The summed E-state index contributed by atoms with van der Waals surface area (Å²) in [4.78, 5) is 12.6. The molecule has 0 aliphatic carbocycles. The lowest BCUT2D eigenvalue weighted by atomic mass is 9.92. The molecule has 1 aliphatic heterocycles. The standard InChI is InChI=1S/C16H23BrN2O2.ClH/c1-4-16(8-5-9-18-16)15(20)19-11(2)12-6-7-14(21-3)13(17)10-12;/h6-7,10-11,18H,4-5,8-9H2,1-3H3,(H,19,20);1H. The minimum atomic E-state index is -0.391. The summed E-state index contributed by atoms with van der Waals surface area (Å²) in [5.41, 5.74) is 0.665. The van der Waals surface area contributed by atoms with Crippen LogP contribution >= 0.6 is 28.3 Å². The van der Waals surface area contributed by atoms with E-state index in [1.807, 2.05) is 25.1 Å². The van der Waals surface area contributed by atoms with Gasteiger partial charge in [0.1, 0.15) is 5.75 Å². The number of nitrogens with one attached hydrogen (secondary N) is 2. The van der Waals surface area contributed by atoms with Crippen molar-refractivity contribution in [3.05, 3.63) is 28.2 Å².